The number of alkyl halides is 2. The highest BCUT2D eigenvalue weighted by atomic mass is 35.5. The van der Waals surface area contributed by atoms with Gasteiger partial charge in [-0.15, -0.1) is 0 Å². The van der Waals surface area contributed by atoms with Gasteiger partial charge >= 0.3 is 0 Å². The van der Waals surface area contributed by atoms with Gasteiger partial charge < -0.3 is 5.32 Å². The predicted molar refractivity (Wildman–Crippen MR) is 125 cm³/mol. The number of rotatable bonds is 6. The highest BCUT2D eigenvalue weighted by molar-refractivity contribution is 6.29. The standard InChI is InChI=1S/C24H23ClF2N6/c25-20-14-21(28-17-10-8-16(9-11-17)15-32-12-4-1-5-13-32)31-24(30-20)33-19-7-3-2-6-18(19)29-23(33)22(26)27/h2-3,6-11,14,22H,1,4-5,12-13,15H2,(H,28,30,31). The van der Waals surface area contributed by atoms with E-state index in [1.165, 1.54) is 29.4 Å². The van der Waals surface area contributed by atoms with Crippen LogP contribution >= 0.6 is 11.6 Å². The van der Waals surface area contributed by atoms with Crippen molar-refractivity contribution in [2.24, 2.45) is 0 Å². The fourth-order valence-corrected chi connectivity index (χ4v) is 4.37. The van der Waals surface area contributed by atoms with Crippen molar-refractivity contribution in [3.63, 3.8) is 0 Å². The van der Waals surface area contributed by atoms with Gasteiger partial charge in [0.15, 0.2) is 5.82 Å². The van der Waals surface area contributed by atoms with E-state index in [-0.39, 0.29) is 11.1 Å². The highest BCUT2D eigenvalue weighted by Gasteiger charge is 2.22. The first kappa shape index (κ1) is 21.7. The summed E-state index contributed by atoms with van der Waals surface area (Å²) < 4.78 is 28.7. The van der Waals surface area contributed by atoms with Crippen LogP contribution in [0, 0.1) is 0 Å². The van der Waals surface area contributed by atoms with Crippen molar-refractivity contribution in [3.05, 3.63) is 71.1 Å². The Kier molecular flexibility index (Phi) is 6.20. The number of hydrogen-bond donors (Lipinski definition) is 1. The van der Waals surface area contributed by atoms with Gasteiger partial charge in [-0.3, -0.25) is 9.47 Å². The third-order valence-corrected chi connectivity index (χ3v) is 5.94. The molecule has 1 aliphatic rings. The molecule has 1 saturated heterocycles. The van der Waals surface area contributed by atoms with Crippen LogP contribution in [-0.4, -0.2) is 37.5 Å². The van der Waals surface area contributed by atoms with E-state index >= 15 is 0 Å². The van der Waals surface area contributed by atoms with Crippen LogP contribution in [0.4, 0.5) is 20.3 Å². The Morgan fingerprint density at radius 3 is 2.45 bits per heavy atom. The van der Waals surface area contributed by atoms with E-state index in [9.17, 15) is 8.78 Å². The molecule has 0 saturated carbocycles. The van der Waals surface area contributed by atoms with Crippen molar-refractivity contribution >= 4 is 34.1 Å². The van der Waals surface area contributed by atoms with E-state index in [1.807, 2.05) is 12.1 Å². The number of halogens is 3. The molecule has 1 fully saturated rings. The number of nitrogens with one attached hydrogen (secondary N) is 1. The second kappa shape index (κ2) is 9.41. The average Bonchev–Trinajstić information content (AvgIpc) is 3.21. The number of imidazole rings is 1. The van der Waals surface area contributed by atoms with Gasteiger partial charge in [0.1, 0.15) is 11.0 Å². The molecule has 5 rings (SSSR count). The minimum absolute atomic E-state index is 0.0377. The zero-order valence-corrected chi connectivity index (χ0v) is 18.6. The lowest BCUT2D eigenvalue weighted by Crippen LogP contribution is -2.29. The van der Waals surface area contributed by atoms with Gasteiger partial charge in [0.2, 0.25) is 5.95 Å². The molecule has 3 heterocycles. The predicted octanol–water partition coefficient (Wildman–Crippen LogP) is 6.14. The Morgan fingerprint density at radius 1 is 0.939 bits per heavy atom. The van der Waals surface area contributed by atoms with E-state index in [0.29, 0.717) is 16.9 Å². The Morgan fingerprint density at radius 2 is 1.70 bits per heavy atom. The zero-order chi connectivity index (χ0) is 22.8. The van der Waals surface area contributed by atoms with Crippen LogP contribution in [0.25, 0.3) is 17.0 Å². The molecule has 0 bridgehead atoms. The summed E-state index contributed by atoms with van der Waals surface area (Å²) in [6.07, 6.45) is 1.05. The van der Waals surface area contributed by atoms with Crippen molar-refractivity contribution in [2.45, 2.75) is 32.2 Å². The monoisotopic (exact) mass is 468 g/mol. The number of aromatic nitrogens is 4. The van der Waals surface area contributed by atoms with Gasteiger partial charge in [-0.25, -0.2) is 18.7 Å². The molecule has 0 atom stereocenters. The second-order valence-corrected chi connectivity index (χ2v) is 8.52. The minimum atomic E-state index is -2.79. The Bertz CT molecular complexity index is 1250. The smallest absolute Gasteiger partial charge is 0.296 e. The first-order valence-corrected chi connectivity index (χ1v) is 11.3. The normalized spacial score (nSPS) is 14.8. The second-order valence-electron chi connectivity index (χ2n) is 8.13. The zero-order valence-electron chi connectivity index (χ0n) is 17.9. The summed E-state index contributed by atoms with van der Waals surface area (Å²) in [4.78, 5) is 15.2. The molecule has 0 aliphatic carbocycles. The lowest BCUT2D eigenvalue weighted by Gasteiger charge is -2.26. The van der Waals surface area contributed by atoms with Crippen molar-refractivity contribution in [3.8, 4) is 5.95 Å². The van der Waals surface area contributed by atoms with Crippen molar-refractivity contribution in [1.82, 2.24) is 24.4 Å². The minimum Gasteiger partial charge on any atom is -0.340 e. The van der Waals surface area contributed by atoms with Crippen LogP contribution in [0.1, 0.15) is 37.1 Å². The van der Waals surface area contributed by atoms with E-state index < -0.39 is 12.2 Å². The summed E-state index contributed by atoms with van der Waals surface area (Å²) >= 11 is 6.23. The van der Waals surface area contributed by atoms with Crippen LogP contribution < -0.4 is 5.32 Å². The maximum atomic E-state index is 13.7. The number of likely N-dealkylation sites (tertiary alicyclic amines) is 1. The summed E-state index contributed by atoms with van der Waals surface area (Å²) in [5.74, 6) is 0.0222. The van der Waals surface area contributed by atoms with Gasteiger partial charge in [-0.1, -0.05) is 42.3 Å². The maximum Gasteiger partial charge on any atom is 0.296 e. The van der Waals surface area contributed by atoms with E-state index in [2.05, 4.69) is 37.3 Å². The van der Waals surface area contributed by atoms with Gasteiger partial charge in [-0.2, -0.15) is 4.98 Å². The summed E-state index contributed by atoms with van der Waals surface area (Å²) in [6, 6.07) is 16.6. The van der Waals surface area contributed by atoms with Crippen LogP contribution in [0.3, 0.4) is 0 Å². The highest BCUT2D eigenvalue weighted by Crippen LogP contribution is 2.28. The largest absolute Gasteiger partial charge is 0.340 e. The van der Waals surface area contributed by atoms with E-state index in [1.54, 1.807) is 30.3 Å². The Balaban J connectivity index is 1.41. The molecule has 6 nitrogen and oxygen atoms in total. The lowest BCUT2D eigenvalue weighted by molar-refractivity contribution is 0.139. The number of anilines is 2. The quantitative estimate of drug-likeness (QED) is 0.345. The fourth-order valence-electron chi connectivity index (χ4n) is 4.19. The lowest BCUT2D eigenvalue weighted by atomic mass is 10.1. The number of fused-ring (bicyclic) bond motifs is 1. The van der Waals surface area contributed by atoms with Gasteiger partial charge in [0.05, 0.1) is 11.0 Å². The van der Waals surface area contributed by atoms with Crippen LogP contribution in [0.15, 0.2) is 54.6 Å². The molecular formula is C24H23ClF2N6. The third-order valence-electron chi connectivity index (χ3n) is 5.75. The summed E-state index contributed by atoms with van der Waals surface area (Å²) in [5, 5.41) is 3.35. The molecule has 0 spiro atoms. The number of piperidine rings is 1. The molecule has 2 aromatic carbocycles. The molecule has 170 valence electrons. The summed E-state index contributed by atoms with van der Waals surface area (Å²) in [7, 11) is 0. The van der Waals surface area contributed by atoms with Gasteiger partial charge in [-0.05, 0) is 55.8 Å². The third kappa shape index (κ3) is 4.82. The fraction of sp³-hybridized carbons (Fsp3) is 0.292. The molecular weight excluding hydrogens is 446 g/mol. The van der Waals surface area contributed by atoms with Crippen molar-refractivity contribution in [2.75, 3.05) is 18.4 Å². The van der Waals surface area contributed by atoms with Gasteiger partial charge in [0, 0.05) is 18.3 Å². The van der Waals surface area contributed by atoms with E-state index in [0.717, 1.165) is 25.3 Å². The first-order chi connectivity index (χ1) is 16.1. The SMILES string of the molecule is FC(F)c1nc2ccccc2n1-c1nc(Cl)cc(Nc2ccc(CN3CCCCC3)cc2)n1. The van der Waals surface area contributed by atoms with Crippen molar-refractivity contribution in [1.29, 1.82) is 0 Å². The molecule has 0 amide bonds. The molecule has 0 radical (unpaired) electrons. The van der Waals surface area contributed by atoms with Crippen LogP contribution in [-0.2, 0) is 6.54 Å². The van der Waals surface area contributed by atoms with Crippen LogP contribution in [0.5, 0.6) is 0 Å². The van der Waals surface area contributed by atoms with Crippen molar-refractivity contribution < 1.29 is 8.78 Å². The molecule has 9 heteroatoms. The topological polar surface area (TPSA) is 58.9 Å². The Hall–Kier alpha value is -3.10. The first-order valence-electron chi connectivity index (χ1n) is 11.0. The molecule has 1 N–H and O–H groups in total. The number of hydrogen-bond acceptors (Lipinski definition) is 5. The number of benzene rings is 2. The molecule has 0 unspecified atom stereocenters. The average molecular weight is 469 g/mol. The van der Waals surface area contributed by atoms with Gasteiger partial charge in [0.25, 0.3) is 6.43 Å². The maximum absolute atomic E-state index is 13.7. The molecule has 2 aromatic heterocycles. The summed E-state index contributed by atoms with van der Waals surface area (Å²) in [5.41, 5.74) is 3.00. The Labute approximate surface area is 195 Å². The summed E-state index contributed by atoms with van der Waals surface area (Å²) in [6.45, 7) is 3.23. The van der Waals surface area contributed by atoms with Crippen LogP contribution in [0.2, 0.25) is 5.15 Å². The number of para-hydroxylation sites is 2. The van der Waals surface area contributed by atoms with E-state index in [4.69, 9.17) is 11.6 Å². The molecule has 33 heavy (non-hydrogen) atoms. The molecule has 1 aliphatic heterocycles. The molecule has 4 aromatic rings. The number of nitrogens with zero attached hydrogens (tertiary/aromatic N) is 5.